The van der Waals surface area contributed by atoms with Crippen LogP contribution in [0.2, 0.25) is 0 Å². The summed E-state index contributed by atoms with van der Waals surface area (Å²) in [7, 11) is 0. The van der Waals surface area contributed by atoms with Gasteiger partial charge in [-0.2, -0.15) is 12.6 Å². The lowest BCUT2D eigenvalue weighted by atomic mass is 10.1. The van der Waals surface area contributed by atoms with Crippen molar-refractivity contribution in [2.75, 3.05) is 5.75 Å². The van der Waals surface area contributed by atoms with Gasteiger partial charge in [0.25, 0.3) is 0 Å². The first-order valence-corrected chi connectivity index (χ1v) is 4.66. The van der Waals surface area contributed by atoms with E-state index < -0.39 is 0 Å². The van der Waals surface area contributed by atoms with Crippen molar-refractivity contribution in [3.05, 3.63) is 36.5 Å². The lowest BCUT2D eigenvalue weighted by molar-refractivity contribution is 0.768. The summed E-state index contributed by atoms with van der Waals surface area (Å²) in [5.41, 5.74) is 6.90. The Morgan fingerprint density at radius 1 is 1.67 bits per heavy atom. The standard InChI is InChI=1S/C10H17NS/c1-3-4-5-9(2)6-7-10(11)8-12/h3-6,10,12H,1,7-8,11H2,2H3/b5-4-,9-6-. The molecule has 0 aliphatic rings. The molecule has 12 heavy (non-hydrogen) atoms. The Hall–Kier alpha value is -0.470. The summed E-state index contributed by atoms with van der Waals surface area (Å²) < 4.78 is 0. The molecular formula is C10H17NS. The normalized spacial score (nSPS) is 15.1. The van der Waals surface area contributed by atoms with Gasteiger partial charge >= 0.3 is 0 Å². The Morgan fingerprint density at radius 3 is 2.83 bits per heavy atom. The zero-order chi connectivity index (χ0) is 9.40. The second-order valence-corrected chi connectivity index (χ2v) is 3.09. The maximum atomic E-state index is 5.68. The first-order chi connectivity index (χ1) is 5.70. The molecule has 1 unspecified atom stereocenters. The van der Waals surface area contributed by atoms with Gasteiger partial charge in [0.15, 0.2) is 0 Å². The summed E-state index contributed by atoms with van der Waals surface area (Å²) in [4.78, 5) is 0. The zero-order valence-corrected chi connectivity index (χ0v) is 8.43. The zero-order valence-electron chi connectivity index (χ0n) is 7.53. The van der Waals surface area contributed by atoms with Gasteiger partial charge in [0.05, 0.1) is 0 Å². The summed E-state index contributed by atoms with van der Waals surface area (Å²) in [5.74, 6) is 0.731. The van der Waals surface area contributed by atoms with Crippen LogP contribution in [0.3, 0.4) is 0 Å². The Balaban J connectivity index is 3.83. The smallest absolute Gasteiger partial charge is 0.0162 e. The number of nitrogens with two attached hydrogens (primary N) is 1. The molecule has 0 rings (SSSR count). The Kier molecular flexibility index (Phi) is 6.91. The van der Waals surface area contributed by atoms with Crippen LogP contribution in [0.5, 0.6) is 0 Å². The third-order valence-corrected chi connectivity index (χ3v) is 1.94. The molecule has 0 heterocycles. The second-order valence-electron chi connectivity index (χ2n) is 2.72. The molecule has 0 radical (unpaired) electrons. The van der Waals surface area contributed by atoms with Crippen molar-refractivity contribution in [2.45, 2.75) is 19.4 Å². The molecular weight excluding hydrogens is 166 g/mol. The summed E-state index contributed by atoms with van der Waals surface area (Å²) in [6.07, 6.45) is 8.68. The minimum absolute atomic E-state index is 0.167. The van der Waals surface area contributed by atoms with E-state index in [9.17, 15) is 0 Å². The molecule has 2 heteroatoms. The van der Waals surface area contributed by atoms with Gasteiger partial charge in [-0.1, -0.05) is 36.5 Å². The van der Waals surface area contributed by atoms with E-state index in [1.54, 1.807) is 6.08 Å². The van der Waals surface area contributed by atoms with E-state index in [-0.39, 0.29) is 6.04 Å². The Bertz CT molecular complexity index is 182. The average molecular weight is 183 g/mol. The Labute approximate surface area is 80.4 Å². The second kappa shape index (κ2) is 7.19. The van der Waals surface area contributed by atoms with Crippen molar-refractivity contribution >= 4 is 12.6 Å². The molecule has 2 N–H and O–H groups in total. The maximum absolute atomic E-state index is 5.68. The fourth-order valence-electron chi connectivity index (χ4n) is 0.700. The van der Waals surface area contributed by atoms with E-state index in [2.05, 4.69) is 25.3 Å². The number of rotatable bonds is 5. The largest absolute Gasteiger partial charge is 0.327 e. The third-order valence-electron chi connectivity index (χ3n) is 1.47. The highest BCUT2D eigenvalue weighted by molar-refractivity contribution is 7.80. The average Bonchev–Trinajstić information content (AvgIpc) is 2.10. The van der Waals surface area contributed by atoms with Gasteiger partial charge in [0.2, 0.25) is 0 Å². The van der Waals surface area contributed by atoms with Gasteiger partial charge in [0.1, 0.15) is 0 Å². The minimum Gasteiger partial charge on any atom is -0.327 e. The van der Waals surface area contributed by atoms with E-state index in [4.69, 9.17) is 5.73 Å². The summed E-state index contributed by atoms with van der Waals surface area (Å²) in [5, 5.41) is 0. The molecule has 68 valence electrons. The van der Waals surface area contributed by atoms with Crippen molar-refractivity contribution in [1.29, 1.82) is 0 Å². The van der Waals surface area contributed by atoms with Crippen LogP contribution < -0.4 is 5.73 Å². The van der Waals surface area contributed by atoms with Crippen LogP contribution in [-0.4, -0.2) is 11.8 Å². The van der Waals surface area contributed by atoms with E-state index in [1.807, 2.05) is 19.1 Å². The predicted molar refractivity (Wildman–Crippen MR) is 59.5 cm³/mol. The monoisotopic (exact) mass is 183 g/mol. The fraction of sp³-hybridized carbons (Fsp3) is 0.400. The highest BCUT2D eigenvalue weighted by Gasteiger charge is 1.94. The van der Waals surface area contributed by atoms with Gasteiger partial charge in [-0.3, -0.25) is 0 Å². The molecule has 0 spiro atoms. The summed E-state index contributed by atoms with van der Waals surface area (Å²) >= 11 is 4.10. The topological polar surface area (TPSA) is 26.0 Å². The first kappa shape index (κ1) is 11.5. The number of thiol groups is 1. The van der Waals surface area contributed by atoms with Crippen LogP contribution in [0.1, 0.15) is 13.3 Å². The van der Waals surface area contributed by atoms with E-state index >= 15 is 0 Å². The van der Waals surface area contributed by atoms with E-state index in [1.165, 1.54) is 5.57 Å². The lowest BCUT2D eigenvalue weighted by Crippen LogP contribution is -2.20. The van der Waals surface area contributed by atoms with Gasteiger partial charge < -0.3 is 5.73 Å². The van der Waals surface area contributed by atoms with Crippen molar-refractivity contribution in [2.24, 2.45) is 5.73 Å². The molecule has 0 aliphatic heterocycles. The molecule has 1 atom stereocenters. The first-order valence-electron chi connectivity index (χ1n) is 4.03. The van der Waals surface area contributed by atoms with Crippen LogP contribution in [0, 0.1) is 0 Å². The molecule has 0 bridgehead atoms. The Morgan fingerprint density at radius 2 is 2.33 bits per heavy atom. The van der Waals surface area contributed by atoms with Gasteiger partial charge in [-0.25, -0.2) is 0 Å². The lowest BCUT2D eigenvalue weighted by Gasteiger charge is -2.03. The van der Waals surface area contributed by atoms with Gasteiger partial charge in [0, 0.05) is 11.8 Å². The molecule has 0 aromatic heterocycles. The van der Waals surface area contributed by atoms with Crippen molar-refractivity contribution in [3.8, 4) is 0 Å². The van der Waals surface area contributed by atoms with Crippen molar-refractivity contribution < 1.29 is 0 Å². The van der Waals surface area contributed by atoms with E-state index in [0.29, 0.717) is 0 Å². The fourth-order valence-corrected chi connectivity index (χ4v) is 0.849. The van der Waals surface area contributed by atoms with E-state index in [0.717, 1.165) is 12.2 Å². The number of allylic oxidation sites excluding steroid dienone is 4. The molecule has 0 aromatic rings. The highest BCUT2D eigenvalue weighted by Crippen LogP contribution is 2.00. The van der Waals surface area contributed by atoms with Crippen LogP contribution in [-0.2, 0) is 0 Å². The maximum Gasteiger partial charge on any atom is 0.0162 e. The molecule has 0 saturated heterocycles. The van der Waals surface area contributed by atoms with Crippen LogP contribution in [0.15, 0.2) is 36.5 Å². The van der Waals surface area contributed by atoms with Crippen molar-refractivity contribution in [1.82, 2.24) is 0 Å². The quantitative estimate of drug-likeness (QED) is 0.496. The summed E-state index contributed by atoms with van der Waals surface area (Å²) in [6, 6.07) is 0.167. The summed E-state index contributed by atoms with van der Waals surface area (Å²) in [6.45, 7) is 5.64. The molecule has 0 saturated carbocycles. The van der Waals surface area contributed by atoms with Crippen LogP contribution >= 0.6 is 12.6 Å². The van der Waals surface area contributed by atoms with Gasteiger partial charge in [-0.05, 0) is 13.3 Å². The molecule has 0 amide bonds. The van der Waals surface area contributed by atoms with Gasteiger partial charge in [-0.15, -0.1) is 0 Å². The number of hydrogen-bond acceptors (Lipinski definition) is 2. The van der Waals surface area contributed by atoms with Crippen LogP contribution in [0.25, 0.3) is 0 Å². The molecule has 0 aliphatic carbocycles. The SMILES string of the molecule is C=C/C=C\C(C)=C/CC(N)CS. The van der Waals surface area contributed by atoms with Crippen LogP contribution in [0.4, 0.5) is 0 Å². The predicted octanol–water partition coefficient (Wildman–Crippen LogP) is 2.32. The van der Waals surface area contributed by atoms with Crippen molar-refractivity contribution in [3.63, 3.8) is 0 Å². The third kappa shape index (κ3) is 6.25. The molecule has 1 nitrogen and oxygen atoms in total. The molecule has 0 fully saturated rings. The minimum atomic E-state index is 0.167. The highest BCUT2D eigenvalue weighted by atomic mass is 32.1. The molecule has 0 aromatic carbocycles. The number of hydrogen-bond donors (Lipinski definition) is 2.